The minimum Gasteiger partial charge on any atom is -0.459 e. The van der Waals surface area contributed by atoms with E-state index in [1.165, 1.54) is 0 Å². The predicted octanol–water partition coefficient (Wildman–Crippen LogP) is 1.17. The molecule has 0 spiro atoms. The second-order valence-electron chi connectivity index (χ2n) is 5.73. The van der Waals surface area contributed by atoms with Gasteiger partial charge in [0.25, 0.3) is 0 Å². The first-order valence-corrected chi connectivity index (χ1v) is 6.03. The number of carbonyl (C=O) groups is 1. The Kier molecular flexibility index (Phi) is 4.33. The van der Waals surface area contributed by atoms with Gasteiger partial charge < -0.3 is 16.2 Å². The highest BCUT2D eigenvalue weighted by Gasteiger charge is 2.31. The molecule has 16 heavy (non-hydrogen) atoms. The molecule has 1 saturated carbocycles. The summed E-state index contributed by atoms with van der Waals surface area (Å²) in [6, 6.07) is -0.214. The molecule has 1 aliphatic rings. The van der Waals surface area contributed by atoms with Crippen LogP contribution in [0.2, 0.25) is 0 Å². The van der Waals surface area contributed by atoms with E-state index >= 15 is 0 Å². The SMILES string of the molecule is CC(C)(C)OC(=O)C(N)[C@H]1CC[C@H](N)CC1. The summed E-state index contributed by atoms with van der Waals surface area (Å²) in [5.41, 5.74) is 11.3. The molecular weight excluding hydrogens is 204 g/mol. The zero-order valence-corrected chi connectivity index (χ0v) is 10.5. The van der Waals surface area contributed by atoms with Crippen molar-refractivity contribution in [2.45, 2.75) is 64.1 Å². The topological polar surface area (TPSA) is 78.3 Å². The van der Waals surface area contributed by atoms with E-state index in [0.29, 0.717) is 0 Å². The number of rotatable bonds is 2. The fourth-order valence-electron chi connectivity index (χ4n) is 2.07. The molecule has 0 bridgehead atoms. The monoisotopic (exact) mass is 228 g/mol. The van der Waals surface area contributed by atoms with E-state index in [1.54, 1.807) is 0 Å². The van der Waals surface area contributed by atoms with E-state index in [2.05, 4.69) is 0 Å². The van der Waals surface area contributed by atoms with Crippen LogP contribution in [0.4, 0.5) is 0 Å². The molecule has 1 aliphatic carbocycles. The largest absolute Gasteiger partial charge is 0.459 e. The average Bonchev–Trinajstić information content (AvgIpc) is 2.15. The molecule has 0 saturated heterocycles. The van der Waals surface area contributed by atoms with Crippen LogP contribution in [0.5, 0.6) is 0 Å². The second kappa shape index (κ2) is 5.15. The van der Waals surface area contributed by atoms with E-state index in [4.69, 9.17) is 16.2 Å². The number of hydrogen-bond acceptors (Lipinski definition) is 4. The molecule has 0 aromatic carbocycles. The van der Waals surface area contributed by atoms with Crippen molar-refractivity contribution >= 4 is 5.97 Å². The van der Waals surface area contributed by atoms with Crippen LogP contribution >= 0.6 is 0 Å². The lowest BCUT2D eigenvalue weighted by atomic mass is 9.82. The van der Waals surface area contributed by atoms with Crippen LogP contribution in [0.15, 0.2) is 0 Å². The van der Waals surface area contributed by atoms with Gasteiger partial charge in [0.15, 0.2) is 0 Å². The molecule has 4 N–H and O–H groups in total. The molecule has 4 nitrogen and oxygen atoms in total. The molecule has 0 amide bonds. The van der Waals surface area contributed by atoms with Gasteiger partial charge in [-0.15, -0.1) is 0 Å². The van der Waals surface area contributed by atoms with Crippen LogP contribution in [-0.2, 0) is 9.53 Å². The standard InChI is InChI=1S/C12H24N2O2/c1-12(2,3)16-11(15)10(14)8-4-6-9(13)7-5-8/h8-10H,4-7,13-14H2,1-3H3/t8-,9-,10?. The highest BCUT2D eigenvalue weighted by Crippen LogP contribution is 2.26. The van der Waals surface area contributed by atoms with E-state index in [9.17, 15) is 4.79 Å². The first kappa shape index (κ1) is 13.5. The van der Waals surface area contributed by atoms with Crippen molar-refractivity contribution in [1.29, 1.82) is 0 Å². The van der Waals surface area contributed by atoms with E-state index in [0.717, 1.165) is 25.7 Å². The first-order chi connectivity index (χ1) is 7.29. The lowest BCUT2D eigenvalue weighted by Crippen LogP contribution is -2.44. The van der Waals surface area contributed by atoms with Gasteiger partial charge in [0.05, 0.1) is 0 Å². The fraction of sp³-hybridized carbons (Fsp3) is 0.917. The van der Waals surface area contributed by atoms with Crippen LogP contribution in [0, 0.1) is 5.92 Å². The molecule has 1 atom stereocenters. The zero-order valence-electron chi connectivity index (χ0n) is 10.5. The van der Waals surface area contributed by atoms with Crippen LogP contribution < -0.4 is 11.5 Å². The van der Waals surface area contributed by atoms with Crippen molar-refractivity contribution in [3.63, 3.8) is 0 Å². The minimum absolute atomic E-state index is 0.231. The molecule has 1 rings (SSSR count). The summed E-state index contributed by atoms with van der Waals surface area (Å²) in [5, 5.41) is 0. The third-order valence-corrected chi connectivity index (χ3v) is 3.00. The van der Waals surface area contributed by atoms with Crippen molar-refractivity contribution in [2.75, 3.05) is 0 Å². The Morgan fingerprint density at radius 3 is 2.19 bits per heavy atom. The van der Waals surface area contributed by atoms with Gasteiger partial charge in [0.1, 0.15) is 11.6 Å². The number of nitrogens with two attached hydrogens (primary N) is 2. The molecule has 0 aliphatic heterocycles. The van der Waals surface area contributed by atoms with Crippen LogP contribution in [-0.4, -0.2) is 23.7 Å². The smallest absolute Gasteiger partial charge is 0.323 e. The number of hydrogen-bond donors (Lipinski definition) is 2. The van der Waals surface area contributed by atoms with Gasteiger partial charge in [-0.25, -0.2) is 0 Å². The molecule has 0 radical (unpaired) electrons. The Bertz CT molecular complexity index is 240. The normalized spacial score (nSPS) is 28.6. The van der Waals surface area contributed by atoms with Gasteiger partial charge in [-0.2, -0.15) is 0 Å². The maximum absolute atomic E-state index is 11.8. The van der Waals surface area contributed by atoms with Gasteiger partial charge in [-0.05, 0) is 52.4 Å². The average molecular weight is 228 g/mol. The van der Waals surface area contributed by atoms with Crippen molar-refractivity contribution in [2.24, 2.45) is 17.4 Å². The van der Waals surface area contributed by atoms with E-state index in [1.807, 2.05) is 20.8 Å². The summed E-state index contributed by atoms with van der Waals surface area (Å²) in [5.74, 6) is -0.0531. The number of esters is 1. The Hall–Kier alpha value is -0.610. The highest BCUT2D eigenvalue weighted by molar-refractivity contribution is 5.76. The molecule has 0 aromatic heterocycles. The zero-order chi connectivity index (χ0) is 12.3. The van der Waals surface area contributed by atoms with Crippen molar-refractivity contribution in [3.8, 4) is 0 Å². The maximum atomic E-state index is 11.8. The number of carbonyl (C=O) groups excluding carboxylic acids is 1. The van der Waals surface area contributed by atoms with Crippen LogP contribution in [0.25, 0.3) is 0 Å². The number of ether oxygens (including phenoxy) is 1. The summed E-state index contributed by atoms with van der Waals surface area (Å²) < 4.78 is 5.28. The van der Waals surface area contributed by atoms with Crippen molar-refractivity contribution in [1.82, 2.24) is 0 Å². The Morgan fingerprint density at radius 1 is 1.25 bits per heavy atom. The molecule has 0 heterocycles. The molecular formula is C12H24N2O2. The van der Waals surface area contributed by atoms with Gasteiger partial charge in [0.2, 0.25) is 0 Å². The van der Waals surface area contributed by atoms with Gasteiger partial charge in [0, 0.05) is 6.04 Å². The van der Waals surface area contributed by atoms with E-state index < -0.39 is 11.6 Å². The summed E-state index contributed by atoms with van der Waals surface area (Å²) in [4.78, 5) is 11.8. The minimum atomic E-state index is -0.494. The highest BCUT2D eigenvalue weighted by atomic mass is 16.6. The lowest BCUT2D eigenvalue weighted by Gasteiger charge is -2.31. The second-order valence-corrected chi connectivity index (χ2v) is 5.73. The third kappa shape index (κ3) is 4.10. The lowest BCUT2D eigenvalue weighted by molar-refractivity contribution is -0.158. The Labute approximate surface area is 97.7 Å². The quantitative estimate of drug-likeness (QED) is 0.695. The molecule has 4 heteroatoms. The summed E-state index contributed by atoms with van der Waals surface area (Å²) in [7, 11) is 0. The predicted molar refractivity (Wildman–Crippen MR) is 63.8 cm³/mol. The van der Waals surface area contributed by atoms with Crippen molar-refractivity contribution < 1.29 is 9.53 Å². The Balaban J connectivity index is 2.45. The third-order valence-electron chi connectivity index (χ3n) is 3.00. The first-order valence-electron chi connectivity index (χ1n) is 6.03. The summed E-state index contributed by atoms with van der Waals surface area (Å²) in [6.07, 6.45) is 3.78. The van der Waals surface area contributed by atoms with Gasteiger partial charge in [-0.3, -0.25) is 4.79 Å². The summed E-state index contributed by atoms with van der Waals surface area (Å²) in [6.45, 7) is 5.57. The molecule has 1 unspecified atom stereocenters. The van der Waals surface area contributed by atoms with Crippen LogP contribution in [0.1, 0.15) is 46.5 Å². The van der Waals surface area contributed by atoms with E-state index in [-0.39, 0.29) is 17.9 Å². The van der Waals surface area contributed by atoms with Gasteiger partial charge >= 0.3 is 5.97 Å². The molecule has 1 fully saturated rings. The fourth-order valence-corrected chi connectivity index (χ4v) is 2.07. The molecule has 94 valence electrons. The van der Waals surface area contributed by atoms with Crippen LogP contribution in [0.3, 0.4) is 0 Å². The van der Waals surface area contributed by atoms with Crippen molar-refractivity contribution in [3.05, 3.63) is 0 Å². The molecule has 0 aromatic rings. The van der Waals surface area contributed by atoms with Gasteiger partial charge in [-0.1, -0.05) is 0 Å². The summed E-state index contributed by atoms with van der Waals surface area (Å²) >= 11 is 0. The Morgan fingerprint density at radius 2 is 1.75 bits per heavy atom. The maximum Gasteiger partial charge on any atom is 0.323 e.